The van der Waals surface area contributed by atoms with E-state index in [9.17, 15) is 0 Å². The number of nitrogens with zero attached hydrogens (tertiary/aromatic N) is 3. The van der Waals surface area contributed by atoms with E-state index in [1.54, 1.807) is 6.20 Å². The van der Waals surface area contributed by atoms with Crippen molar-refractivity contribution in [1.29, 1.82) is 0 Å². The summed E-state index contributed by atoms with van der Waals surface area (Å²) in [5.41, 5.74) is 8.46. The minimum absolute atomic E-state index is 0.0690. The summed E-state index contributed by atoms with van der Waals surface area (Å²) >= 11 is 0. The second kappa shape index (κ2) is 4.68. The van der Waals surface area contributed by atoms with E-state index in [2.05, 4.69) is 10.3 Å². The topological polar surface area (TPSA) is 66.0 Å². The monoisotopic (exact) mass is 270 g/mol. The van der Waals surface area contributed by atoms with Crippen molar-refractivity contribution in [3.05, 3.63) is 42.2 Å². The van der Waals surface area contributed by atoms with E-state index in [0.29, 0.717) is 18.1 Å². The average molecular weight is 270 g/mol. The molecule has 4 atom stereocenters. The van der Waals surface area contributed by atoms with Gasteiger partial charge in [0.1, 0.15) is 0 Å². The van der Waals surface area contributed by atoms with Gasteiger partial charge in [-0.05, 0) is 31.4 Å². The molecule has 20 heavy (non-hydrogen) atoms. The standard InChI is InChI=1S/C15H18N4O/c16-15(12-8-11-6-7-14(12)20-11)13-9-17-18-19(13)10-4-2-1-3-5-10/h1-5,9,11-12,14-15H,6-8,16H2. The van der Waals surface area contributed by atoms with Gasteiger partial charge in [-0.15, -0.1) is 5.10 Å². The highest BCUT2D eigenvalue weighted by Gasteiger charge is 2.44. The zero-order chi connectivity index (χ0) is 13.5. The number of rotatable bonds is 3. The first-order valence-corrected chi connectivity index (χ1v) is 7.20. The highest BCUT2D eigenvalue weighted by atomic mass is 16.5. The third-order valence-corrected chi connectivity index (χ3v) is 4.53. The summed E-state index contributed by atoms with van der Waals surface area (Å²) in [4.78, 5) is 0. The van der Waals surface area contributed by atoms with Crippen LogP contribution in [0.1, 0.15) is 31.0 Å². The summed E-state index contributed by atoms with van der Waals surface area (Å²) in [5, 5.41) is 8.23. The van der Waals surface area contributed by atoms with E-state index in [4.69, 9.17) is 10.5 Å². The van der Waals surface area contributed by atoms with Gasteiger partial charge in [0, 0.05) is 5.92 Å². The van der Waals surface area contributed by atoms with Gasteiger partial charge in [-0.1, -0.05) is 23.4 Å². The van der Waals surface area contributed by atoms with E-state index >= 15 is 0 Å². The van der Waals surface area contributed by atoms with Crippen molar-refractivity contribution in [3.63, 3.8) is 0 Å². The lowest BCUT2D eigenvalue weighted by atomic mass is 9.83. The van der Waals surface area contributed by atoms with Crippen molar-refractivity contribution in [2.45, 2.75) is 37.5 Å². The summed E-state index contributed by atoms with van der Waals surface area (Å²) in [6.45, 7) is 0. The Morgan fingerprint density at radius 3 is 2.80 bits per heavy atom. The number of para-hydroxylation sites is 1. The van der Waals surface area contributed by atoms with Crippen LogP contribution in [0.3, 0.4) is 0 Å². The fourth-order valence-electron chi connectivity index (χ4n) is 3.51. The Labute approximate surface area is 117 Å². The zero-order valence-corrected chi connectivity index (χ0v) is 11.2. The van der Waals surface area contributed by atoms with Crippen LogP contribution < -0.4 is 5.73 Å². The zero-order valence-electron chi connectivity index (χ0n) is 11.2. The summed E-state index contributed by atoms with van der Waals surface area (Å²) in [6, 6.07) is 9.94. The Bertz CT molecular complexity index is 597. The molecule has 104 valence electrons. The van der Waals surface area contributed by atoms with Crippen molar-refractivity contribution in [3.8, 4) is 5.69 Å². The van der Waals surface area contributed by atoms with Crippen LogP contribution in [0.5, 0.6) is 0 Å². The molecule has 5 nitrogen and oxygen atoms in total. The minimum atomic E-state index is -0.0690. The van der Waals surface area contributed by atoms with Crippen molar-refractivity contribution in [2.75, 3.05) is 0 Å². The van der Waals surface area contributed by atoms with Gasteiger partial charge in [0.2, 0.25) is 0 Å². The van der Waals surface area contributed by atoms with Crippen LogP contribution in [0.15, 0.2) is 36.5 Å². The third kappa shape index (κ3) is 1.85. The Balaban J connectivity index is 1.65. The fraction of sp³-hybridized carbons (Fsp3) is 0.467. The van der Waals surface area contributed by atoms with Crippen LogP contribution in [0.25, 0.3) is 5.69 Å². The Hall–Kier alpha value is -1.72. The van der Waals surface area contributed by atoms with Crippen molar-refractivity contribution < 1.29 is 4.74 Å². The number of hydrogen-bond donors (Lipinski definition) is 1. The summed E-state index contributed by atoms with van der Waals surface area (Å²) < 4.78 is 7.76. The first-order chi connectivity index (χ1) is 9.83. The Morgan fingerprint density at radius 1 is 1.25 bits per heavy atom. The number of fused-ring (bicyclic) bond motifs is 2. The normalized spacial score (nSPS) is 29.8. The predicted octanol–water partition coefficient (Wildman–Crippen LogP) is 1.83. The maximum atomic E-state index is 6.49. The van der Waals surface area contributed by atoms with E-state index in [-0.39, 0.29) is 6.04 Å². The molecule has 4 rings (SSSR count). The highest BCUT2D eigenvalue weighted by Crippen LogP contribution is 2.43. The van der Waals surface area contributed by atoms with Crippen molar-refractivity contribution in [2.24, 2.45) is 11.7 Å². The first-order valence-electron chi connectivity index (χ1n) is 7.20. The van der Waals surface area contributed by atoms with Gasteiger partial charge in [-0.25, -0.2) is 4.68 Å². The van der Waals surface area contributed by atoms with E-state index < -0.39 is 0 Å². The predicted molar refractivity (Wildman–Crippen MR) is 74.3 cm³/mol. The summed E-state index contributed by atoms with van der Waals surface area (Å²) in [7, 11) is 0. The Kier molecular flexibility index (Phi) is 2.82. The maximum Gasteiger partial charge on any atom is 0.0816 e. The van der Waals surface area contributed by atoms with E-state index in [0.717, 1.165) is 24.2 Å². The van der Waals surface area contributed by atoms with Gasteiger partial charge in [0.25, 0.3) is 0 Å². The van der Waals surface area contributed by atoms with Crippen molar-refractivity contribution in [1.82, 2.24) is 15.0 Å². The molecule has 2 N–H and O–H groups in total. The second-order valence-electron chi connectivity index (χ2n) is 5.71. The molecule has 0 saturated carbocycles. The molecule has 4 unspecified atom stereocenters. The molecule has 1 aromatic heterocycles. The van der Waals surface area contributed by atoms with Gasteiger partial charge in [0.05, 0.1) is 35.8 Å². The highest BCUT2D eigenvalue weighted by molar-refractivity contribution is 5.32. The molecule has 1 aromatic carbocycles. The summed E-state index contributed by atoms with van der Waals surface area (Å²) in [5.74, 6) is 0.384. The fourth-order valence-corrected chi connectivity index (χ4v) is 3.51. The number of ether oxygens (including phenoxy) is 1. The largest absolute Gasteiger partial charge is 0.375 e. The third-order valence-electron chi connectivity index (χ3n) is 4.53. The van der Waals surface area contributed by atoms with E-state index in [1.165, 1.54) is 6.42 Å². The van der Waals surface area contributed by atoms with E-state index in [1.807, 2.05) is 35.0 Å². The molecular weight excluding hydrogens is 252 g/mol. The molecule has 0 radical (unpaired) electrons. The molecule has 2 aliphatic rings. The Morgan fingerprint density at radius 2 is 2.10 bits per heavy atom. The van der Waals surface area contributed by atoms with Gasteiger partial charge in [-0.2, -0.15) is 0 Å². The second-order valence-corrected chi connectivity index (χ2v) is 5.71. The molecule has 2 aliphatic heterocycles. The minimum Gasteiger partial charge on any atom is -0.375 e. The average Bonchev–Trinajstić information content (AvgIpc) is 3.23. The molecule has 0 aliphatic carbocycles. The maximum absolute atomic E-state index is 6.49. The SMILES string of the molecule is NC(c1cnnn1-c1ccccc1)C1CC2CCC1O2. The van der Waals surface area contributed by atoms with Crippen molar-refractivity contribution >= 4 is 0 Å². The number of nitrogens with two attached hydrogens (primary N) is 1. The van der Waals surface area contributed by atoms with Gasteiger partial charge in [0.15, 0.2) is 0 Å². The lowest BCUT2D eigenvalue weighted by Gasteiger charge is -2.25. The lowest BCUT2D eigenvalue weighted by molar-refractivity contribution is 0.0881. The molecule has 0 amide bonds. The van der Waals surface area contributed by atoms with Gasteiger partial charge >= 0.3 is 0 Å². The number of benzene rings is 1. The smallest absolute Gasteiger partial charge is 0.0816 e. The molecule has 3 heterocycles. The quantitative estimate of drug-likeness (QED) is 0.924. The molecule has 0 spiro atoms. The molecule has 2 fully saturated rings. The molecular formula is C15H18N4O. The van der Waals surface area contributed by atoms with Crippen LogP contribution in [0.2, 0.25) is 0 Å². The van der Waals surface area contributed by atoms with Crippen LogP contribution in [0.4, 0.5) is 0 Å². The number of aromatic nitrogens is 3. The van der Waals surface area contributed by atoms with Gasteiger partial charge in [-0.3, -0.25) is 0 Å². The lowest BCUT2D eigenvalue weighted by Crippen LogP contribution is -2.30. The summed E-state index contributed by atoms with van der Waals surface area (Å²) in [6.07, 6.45) is 5.89. The molecule has 5 heteroatoms. The molecule has 2 aromatic rings. The molecule has 2 bridgehead atoms. The van der Waals surface area contributed by atoms with Crippen LogP contribution in [-0.2, 0) is 4.74 Å². The first kappa shape index (κ1) is 12.1. The molecule has 2 saturated heterocycles. The number of hydrogen-bond acceptors (Lipinski definition) is 4. The van der Waals surface area contributed by atoms with Crippen LogP contribution in [0, 0.1) is 5.92 Å². The van der Waals surface area contributed by atoms with Gasteiger partial charge < -0.3 is 10.5 Å². The van der Waals surface area contributed by atoms with Crippen LogP contribution >= 0.6 is 0 Å². The van der Waals surface area contributed by atoms with Crippen LogP contribution in [-0.4, -0.2) is 27.2 Å².